The first-order valence-electron chi connectivity index (χ1n) is 7.26. The zero-order valence-corrected chi connectivity index (χ0v) is 12.5. The van der Waals surface area contributed by atoms with Gasteiger partial charge in [-0.05, 0) is 38.9 Å². The first-order valence-corrected chi connectivity index (χ1v) is 8.41. The molecule has 2 aliphatic rings. The van der Waals surface area contributed by atoms with Gasteiger partial charge in [-0.25, -0.2) is 9.59 Å². The molecule has 0 aromatic rings. The molecule has 1 atom stereocenters. The third-order valence-corrected chi connectivity index (χ3v) is 4.82. The number of nitrogens with zero attached hydrogens (tertiary/aromatic N) is 2. The van der Waals surface area contributed by atoms with Crippen LogP contribution in [0.15, 0.2) is 0 Å². The highest BCUT2D eigenvalue weighted by Gasteiger charge is 2.32. The molecule has 1 unspecified atom stereocenters. The Balaban J connectivity index is 1.68. The van der Waals surface area contributed by atoms with Crippen molar-refractivity contribution >= 4 is 23.8 Å². The van der Waals surface area contributed by atoms with Crippen LogP contribution in [0.1, 0.15) is 19.3 Å². The predicted molar refractivity (Wildman–Crippen MR) is 79.1 cm³/mol. The van der Waals surface area contributed by atoms with Crippen LogP contribution in [0.25, 0.3) is 0 Å². The van der Waals surface area contributed by atoms with Gasteiger partial charge in [-0.2, -0.15) is 11.8 Å². The summed E-state index contributed by atoms with van der Waals surface area (Å²) in [5.41, 5.74) is 0. The van der Waals surface area contributed by atoms with E-state index in [1.54, 1.807) is 11.8 Å². The van der Waals surface area contributed by atoms with Gasteiger partial charge in [0, 0.05) is 24.6 Å². The summed E-state index contributed by atoms with van der Waals surface area (Å²) in [7, 11) is 0. The van der Waals surface area contributed by atoms with E-state index in [-0.39, 0.29) is 6.03 Å². The van der Waals surface area contributed by atoms with Gasteiger partial charge in [0.2, 0.25) is 0 Å². The van der Waals surface area contributed by atoms with Crippen molar-refractivity contribution in [3.8, 4) is 0 Å². The molecule has 2 amide bonds. The van der Waals surface area contributed by atoms with Crippen molar-refractivity contribution in [3.63, 3.8) is 0 Å². The number of thioether (sulfide) groups is 1. The molecule has 2 saturated heterocycles. The van der Waals surface area contributed by atoms with Crippen molar-refractivity contribution in [2.45, 2.75) is 25.3 Å². The van der Waals surface area contributed by atoms with Gasteiger partial charge in [0.25, 0.3) is 0 Å². The predicted octanol–water partition coefficient (Wildman–Crippen LogP) is 0.684. The molecule has 20 heavy (non-hydrogen) atoms. The fraction of sp³-hybridized carbons (Fsp3) is 0.846. The number of aliphatic carboxylic acids is 1. The van der Waals surface area contributed by atoms with Gasteiger partial charge in [0.1, 0.15) is 6.04 Å². The number of rotatable bonds is 5. The summed E-state index contributed by atoms with van der Waals surface area (Å²) in [5, 5.41) is 12.0. The van der Waals surface area contributed by atoms with Crippen molar-refractivity contribution in [2.75, 3.05) is 44.2 Å². The molecule has 114 valence electrons. The highest BCUT2D eigenvalue weighted by molar-refractivity contribution is 7.99. The maximum absolute atomic E-state index is 12.0. The SMILES string of the molecule is O=C(O)C1CSCCN1C(=O)NCCCN1CCCC1. The van der Waals surface area contributed by atoms with E-state index in [4.69, 9.17) is 5.11 Å². The van der Waals surface area contributed by atoms with Crippen molar-refractivity contribution in [2.24, 2.45) is 0 Å². The summed E-state index contributed by atoms with van der Waals surface area (Å²) in [5.74, 6) is 0.381. The Morgan fingerprint density at radius 1 is 1.25 bits per heavy atom. The Kier molecular flexibility index (Phi) is 5.97. The molecule has 2 rings (SSSR count). The Morgan fingerprint density at radius 2 is 2.00 bits per heavy atom. The molecule has 0 aromatic heterocycles. The fourth-order valence-corrected chi connectivity index (χ4v) is 3.70. The minimum atomic E-state index is -0.913. The lowest BCUT2D eigenvalue weighted by Gasteiger charge is -2.32. The fourth-order valence-electron chi connectivity index (χ4n) is 2.66. The van der Waals surface area contributed by atoms with Crippen LogP contribution in [-0.4, -0.2) is 77.2 Å². The lowest BCUT2D eigenvalue weighted by molar-refractivity contribution is -0.141. The monoisotopic (exact) mass is 301 g/mol. The van der Waals surface area contributed by atoms with E-state index in [0.29, 0.717) is 18.8 Å². The molecule has 2 N–H and O–H groups in total. The number of carboxylic acid groups (broad SMARTS) is 1. The Labute approximate surface area is 123 Å². The molecular formula is C13H23N3O3S. The standard InChI is InChI=1S/C13H23N3O3S/c17-12(18)11-10-20-9-8-16(11)13(19)14-4-3-7-15-5-1-2-6-15/h11H,1-10H2,(H,14,19)(H,17,18). The highest BCUT2D eigenvalue weighted by Crippen LogP contribution is 2.16. The van der Waals surface area contributed by atoms with Gasteiger partial charge in [0.15, 0.2) is 0 Å². The van der Waals surface area contributed by atoms with Gasteiger partial charge in [0.05, 0.1) is 0 Å². The zero-order chi connectivity index (χ0) is 14.4. The molecule has 0 aromatic carbocycles. The third kappa shape index (κ3) is 4.28. The Bertz CT molecular complexity index is 348. The van der Waals surface area contributed by atoms with Crippen LogP contribution in [0.5, 0.6) is 0 Å². The van der Waals surface area contributed by atoms with Crippen LogP contribution < -0.4 is 5.32 Å². The molecule has 2 heterocycles. The molecular weight excluding hydrogens is 278 g/mol. The van der Waals surface area contributed by atoms with Crippen LogP contribution in [0.4, 0.5) is 4.79 Å². The lowest BCUT2D eigenvalue weighted by Crippen LogP contribution is -2.54. The van der Waals surface area contributed by atoms with Crippen molar-refractivity contribution in [3.05, 3.63) is 0 Å². The van der Waals surface area contributed by atoms with Crippen LogP contribution in [0.3, 0.4) is 0 Å². The minimum Gasteiger partial charge on any atom is -0.480 e. The number of carbonyl (C=O) groups excluding carboxylic acids is 1. The average molecular weight is 301 g/mol. The second-order valence-corrected chi connectivity index (χ2v) is 6.41. The van der Waals surface area contributed by atoms with E-state index in [2.05, 4.69) is 10.2 Å². The van der Waals surface area contributed by atoms with E-state index in [1.165, 1.54) is 30.8 Å². The van der Waals surface area contributed by atoms with Gasteiger partial charge < -0.3 is 20.2 Å². The Hall–Kier alpha value is -0.950. The number of amides is 2. The summed E-state index contributed by atoms with van der Waals surface area (Å²) in [4.78, 5) is 27.0. The van der Waals surface area contributed by atoms with Crippen molar-refractivity contribution in [1.82, 2.24) is 15.1 Å². The first kappa shape index (κ1) is 15.4. The Morgan fingerprint density at radius 3 is 2.70 bits per heavy atom. The topological polar surface area (TPSA) is 72.9 Å². The van der Waals surface area contributed by atoms with Crippen molar-refractivity contribution < 1.29 is 14.7 Å². The summed E-state index contributed by atoms with van der Waals surface area (Å²) in [6.45, 7) is 4.47. The maximum Gasteiger partial charge on any atom is 0.327 e. The third-order valence-electron chi connectivity index (χ3n) is 3.80. The van der Waals surface area contributed by atoms with Crippen LogP contribution >= 0.6 is 11.8 Å². The number of hydrogen-bond acceptors (Lipinski definition) is 4. The number of nitrogens with one attached hydrogen (secondary N) is 1. The molecule has 0 spiro atoms. The van der Waals surface area contributed by atoms with E-state index in [9.17, 15) is 9.59 Å². The van der Waals surface area contributed by atoms with Crippen LogP contribution in [-0.2, 0) is 4.79 Å². The van der Waals surface area contributed by atoms with Gasteiger partial charge in [-0.15, -0.1) is 0 Å². The smallest absolute Gasteiger partial charge is 0.327 e. The van der Waals surface area contributed by atoms with Gasteiger partial charge in [-0.3, -0.25) is 0 Å². The molecule has 6 nitrogen and oxygen atoms in total. The highest BCUT2D eigenvalue weighted by atomic mass is 32.2. The average Bonchev–Trinajstić information content (AvgIpc) is 2.96. The summed E-state index contributed by atoms with van der Waals surface area (Å²) in [6.07, 6.45) is 3.47. The number of urea groups is 1. The molecule has 0 bridgehead atoms. The van der Waals surface area contributed by atoms with E-state index in [0.717, 1.165) is 18.7 Å². The number of carboxylic acids is 1. The minimum absolute atomic E-state index is 0.237. The van der Waals surface area contributed by atoms with E-state index in [1.807, 2.05) is 0 Å². The molecule has 0 saturated carbocycles. The normalized spacial score (nSPS) is 23.8. The van der Waals surface area contributed by atoms with E-state index < -0.39 is 12.0 Å². The quantitative estimate of drug-likeness (QED) is 0.731. The molecule has 0 radical (unpaired) electrons. The van der Waals surface area contributed by atoms with Gasteiger partial charge in [-0.1, -0.05) is 0 Å². The van der Waals surface area contributed by atoms with Gasteiger partial charge >= 0.3 is 12.0 Å². The molecule has 7 heteroatoms. The van der Waals surface area contributed by atoms with E-state index >= 15 is 0 Å². The number of carbonyl (C=O) groups is 2. The largest absolute Gasteiger partial charge is 0.480 e. The first-order chi connectivity index (χ1) is 9.68. The molecule has 2 fully saturated rings. The lowest BCUT2D eigenvalue weighted by atomic mass is 10.3. The van der Waals surface area contributed by atoms with Crippen LogP contribution in [0, 0.1) is 0 Å². The van der Waals surface area contributed by atoms with Crippen LogP contribution in [0.2, 0.25) is 0 Å². The number of likely N-dealkylation sites (tertiary alicyclic amines) is 1. The summed E-state index contributed by atoms with van der Waals surface area (Å²) >= 11 is 1.59. The second-order valence-electron chi connectivity index (χ2n) is 5.26. The summed E-state index contributed by atoms with van der Waals surface area (Å²) in [6, 6.07) is -0.925. The maximum atomic E-state index is 12.0. The zero-order valence-electron chi connectivity index (χ0n) is 11.7. The second kappa shape index (κ2) is 7.73. The molecule has 2 aliphatic heterocycles. The number of hydrogen-bond donors (Lipinski definition) is 2. The molecule has 0 aliphatic carbocycles. The van der Waals surface area contributed by atoms with Crippen molar-refractivity contribution in [1.29, 1.82) is 0 Å². The summed E-state index contributed by atoms with van der Waals surface area (Å²) < 4.78 is 0.